The van der Waals surface area contributed by atoms with E-state index >= 15 is 0 Å². The topological polar surface area (TPSA) is 68.5 Å². The number of nitrogens with zero attached hydrogens (tertiary/aromatic N) is 1. The molecule has 3 aromatic rings. The summed E-state index contributed by atoms with van der Waals surface area (Å²) in [7, 11) is 1.50. The number of rotatable bonds is 6. The minimum atomic E-state index is -0.931. The molecule has 0 saturated heterocycles. The smallest absolute Gasteiger partial charge is 0.311 e. The third kappa shape index (κ3) is 3.80. The van der Waals surface area contributed by atoms with Crippen LogP contribution in [0.1, 0.15) is 47.8 Å². The number of carbonyl (C=O) groups excluding carboxylic acids is 1. The molecule has 0 amide bonds. The maximum absolute atomic E-state index is 13.4. The predicted octanol–water partition coefficient (Wildman–Crippen LogP) is 6.17. The van der Waals surface area contributed by atoms with Gasteiger partial charge >= 0.3 is 5.97 Å². The zero-order chi connectivity index (χ0) is 22.2. The molecule has 0 bridgehead atoms. The first-order chi connectivity index (χ1) is 14.2. The van der Waals surface area contributed by atoms with Crippen molar-refractivity contribution in [2.45, 2.75) is 33.1 Å². The SMILES string of the molecule is CCC(C)[C@@H](C(=O)O)c1c(C)n(C(=O)c2ccc(Cl)cc2)c2cc(Cl)c(OC)cc12. The van der Waals surface area contributed by atoms with Crippen LogP contribution in [0.5, 0.6) is 5.75 Å². The molecule has 0 spiro atoms. The number of carboxylic acids is 1. The molecule has 2 aromatic carbocycles. The molecular weight excluding hydrogens is 425 g/mol. The summed E-state index contributed by atoms with van der Waals surface area (Å²) in [5.74, 6) is -1.70. The van der Waals surface area contributed by atoms with Crippen molar-refractivity contribution in [2.24, 2.45) is 5.92 Å². The number of fused-ring (bicyclic) bond motifs is 1. The Kier molecular flexibility index (Phi) is 6.44. The zero-order valence-corrected chi connectivity index (χ0v) is 18.7. The van der Waals surface area contributed by atoms with E-state index in [-0.39, 0.29) is 11.8 Å². The fraction of sp³-hybridized carbons (Fsp3) is 0.304. The van der Waals surface area contributed by atoms with Gasteiger partial charge in [-0.25, -0.2) is 0 Å². The van der Waals surface area contributed by atoms with Crippen LogP contribution in [0.2, 0.25) is 10.0 Å². The lowest BCUT2D eigenvalue weighted by Crippen LogP contribution is -2.21. The molecule has 1 unspecified atom stereocenters. The molecule has 3 rings (SSSR count). The Balaban J connectivity index is 2.36. The number of carboxylic acid groups (broad SMARTS) is 1. The van der Waals surface area contributed by atoms with E-state index in [0.717, 1.165) is 0 Å². The number of hydrogen-bond donors (Lipinski definition) is 1. The van der Waals surface area contributed by atoms with E-state index < -0.39 is 11.9 Å². The third-order valence-corrected chi connectivity index (χ3v) is 6.16. The lowest BCUT2D eigenvalue weighted by atomic mass is 9.84. The first-order valence-corrected chi connectivity index (χ1v) is 10.4. The summed E-state index contributed by atoms with van der Waals surface area (Å²) in [6, 6.07) is 9.94. The van der Waals surface area contributed by atoms with Gasteiger partial charge in [0.05, 0.1) is 23.6 Å². The van der Waals surface area contributed by atoms with Gasteiger partial charge in [0.1, 0.15) is 5.75 Å². The molecule has 5 nitrogen and oxygen atoms in total. The van der Waals surface area contributed by atoms with Crippen LogP contribution in [0.4, 0.5) is 0 Å². The molecule has 0 saturated carbocycles. The molecule has 2 atom stereocenters. The molecule has 1 aromatic heterocycles. The monoisotopic (exact) mass is 447 g/mol. The summed E-state index contributed by atoms with van der Waals surface area (Å²) >= 11 is 12.3. The van der Waals surface area contributed by atoms with Crippen LogP contribution in [-0.4, -0.2) is 28.7 Å². The first kappa shape index (κ1) is 22.2. The number of ether oxygens (including phenoxy) is 1. The number of carbonyl (C=O) groups is 2. The van der Waals surface area contributed by atoms with E-state index in [4.69, 9.17) is 27.9 Å². The molecule has 7 heteroatoms. The summed E-state index contributed by atoms with van der Waals surface area (Å²) in [5, 5.41) is 11.5. The molecule has 1 heterocycles. The second-order valence-electron chi connectivity index (χ2n) is 7.35. The van der Waals surface area contributed by atoms with Crippen LogP contribution in [0.15, 0.2) is 36.4 Å². The van der Waals surface area contributed by atoms with Crippen molar-refractivity contribution < 1.29 is 19.4 Å². The highest BCUT2D eigenvalue weighted by Gasteiger charge is 2.33. The molecule has 0 aliphatic carbocycles. The summed E-state index contributed by atoms with van der Waals surface area (Å²) in [6.07, 6.45) is 0.679. The van der Waals surface area contributed by atoms with Gasteiger partial charge in [0.2, 0.25) is 0 Å². The number of benzene rings is 2. The van der Waals surface area contributed by atoms with Crippen molar-refractivity contribution >= 4 is 46.0 Å². The van der Waals surface area contributed by atoms with Gasteiger partial charge in [-0.1, -0.05) is 43.5 Å². The van der Waals surface area contributed by atoms with Gasteiger partial charge in [0.15, 0.2) is 0 Å². The number of hydrogen-bond acceptors (Lipinski definition) is 3. The second-order valence-corrected chi connectivity index (χ2v) is 8.20. The Bertz CT molecular complexity index is 1120. The van der Waals surface area contributed by atoms with Crippen LogP contribution >= 0.6 is 23.2 Å². The molecule has 30 heavy (non-hydrogen) atoms. The van der Waals surface area contributed by atoms with Crippen LogP contribution in [-0.2, 0) is 4.79 Å². The molecule has 0 aliphatic rings. The summed E-state index contributed by atoms with van der Waals surface area (Å²) in [6.45, 7) is 5.61. The van der Waals surface area contributed by atoms with Gasteiger partial charge in [-0.3, -0.25) is 14.2 Å². The van der Waals surface area contributed by atoms with Crippen molar-refractivity contribution in [3.05, 3.63) is 63.3 Å². The van der Waals surface area contributed by atoms with Crippen molar-refractivity contribution in [1.82, 2.24) is 4.57 Å². The van der Waals surface area contributed by atoms with E-state index in [1.54, 1.807) is 43.3 Å². The Morgan fingerprint density at radius 2 is 1.80 bits per heavy atom. The normalized spacial score (nSPS) is 13.3. The van der Waals surface area contributed by atoms with Gasteiger partial charge in [-0.05, 0) is 54.8 Å². The van der Waals surface area contributed by atoms with E-state index in [0.29, 0.717) is 49.9 Å². The number of methoxy groups -OCH3 is 1. The third-order valence-electron chi connectivity index (χ3n) is 5.61. The van der Waals surface area contributed by atoms with Crippen molar-refractivity contribution in [2.75, 3.05) is 7.11 Å². The minimum absolute atomic E-state index is 0.132. The maximum atomic E-state index is 13.4. The lowest BCUT2D eigenvalue weighted by molar-refractivity contribution is -0.140. The molecule has 158 valence electrons. The average molecular weight is 448 g/mol. The standard InChI is InChI=1S/C23H23Cl2NO4/c1-5-12(2)20(23(28)29)21-13(3)26(22(27)14-6-8-15(24)9-7-14)18-11-17(25)19(30-4)10-16(18)21/h6-12,20H,5H2,1-4H3,(H,28,29)/t12?,20-/m1/s1. The van der Waals surface area contributed by atoms with Crippen LogP contribution in [0.3, 0.4) is 0 Å². The van der Waals surface area contributed by atoms with Crippen molar-refractivity contribution in [3.63, 3.8) is 0 Å². The van der Waals surface area contributed by atoms with Gasteiger partial charge in [0, 0.05) is 21.7 Å². The van der Waals surface area contributed by atoms with Crippen molar-refractivity contribution in [1.29, 1.82) is 0 Å². The largest absolute Gasteiger partial charge is 0.495 e. The molecule has 0 radical (unpaired) electrons. The van der Waals surface area contributed by atoms with Crippen LogP contribution in [0.25, 0.3) is 10.9 Å². The maximum Gasteiger partial charge on any atom is 0.311 e. The number of halogens is 2. The highest BCUT2D eigenvalue weighted by molar-refractivity contribution is 6.33. The molecular formula is C23H23Cl2NO4. The van der Waals surface area contributed by atoms with E-state index in [2.05, 4.69) is 0 Å². The van der Waals surface area contributed by atoms with Gasteiger partial charge in [-0.2, -0.15) is 0 Å². The van der Waals surface area contributed by atoms with Gasteiger partial charge < -0.3 is 9.84 Å². The molecule has 0 fully saturated rings. The Morgan fingerprint density at radius 3 is 2.33 bits per heavy atom. The van der Waals surface area contributed by atoms with Crippen LogP contribution < -0.4 is 4.74 Å². The average Bonchev–Trinajstić information content (AvgIpc) is 2.98. The Morgan fingerprint density at radius 1 is 1.17 bits per heavy atom. The summed E-state index contributed by atoms with van der Waals surface area (Å²) in [4.78, 5) is 25.6. The second kappa shape index (κ2) is 8.70. The Hall–Kier alpha value is -2.50. The summed E-state index contributed by atoms with van der Waals surface area (Å²) < 4.78 is 6.88. The zero-order valence-electron chi connectivity index (χ0n) is 17.2. The summed E-state index contributed by atoms with van der Waals surface area (Å²) in [5.41, 5.74) is 2.15. The highest BCUT2D eigenvalue weighted by atomic mass is 35.5. The van der Waals surface area contributed by atoms with Crippen LogP contribution in [0, 0.1) is 12.8 Å². The number of aromatic nitrogens is 1. The molecule has 1 N–H and O–H groups in total. The van der Waals surface area contributed by atoms with Gasteiger partial charge in [0.25, 0.3) is 5.91 Å². The number of aliphatic carboxylic acids is 1. The predicted molar refractivity (Wildman–Crippen MR) is 119 cm³/mol. The quantitative estimate of drug-likeness (QED) is 0.490. The highest BCUT2D eigenvalue weighted by Crippen LogP contribution is 2.41. The van der Waals surface area contributed by atoms with E-state index in [1.165, 1.54) is 11.7 Å². The fourth-order valence-electron chi connectivity index (χ4n) is 3.86. The fourth-order valence-corrected chi connectivity index (χ4v) is 4.22. The van der Waals surface area contributed by atoms with E-state index in [1.807, 2.05) is 13.8 Å². The van der Waals surface area contributed by atoms with E-state index in [9.17, 15) is 14.7 Å². The molecule has 0 aliphatic heterocycles. The minimum Gasteiger partial charge on any atom is -0.495 e. The first-order valence-electron chi connectivity index (χ1n) is 9.62. The Labute approximate surface area is 185 Å². The van der Waals surface area contributed by atoms with Gasteiger partial charge in [-0.15, -0.1) is 0 Å². The van der Waals surface area contributed by atoms with Crippen molar-refractivity contribution in [3.8, 4) is 5.75 Å². The lowest BCUT2D eigenvalue weighted by Gasteiger charge is -2.20.